The van der Waals surface area contributed by atoms with Crippen LogP contribution in [0.1, 0.15) is 18.2 Å². The van der Waals surface area contributed by atoms with Gasteiger partial charge in [0.1, 0.15) is 5.82 Å². The average Bonchev–Trinajstić information content (AvgIpc) is 2.96. The summed E-state index contributed by atoms with van der Waals surface area (Å²) in [7, 11) is 0. The number of nitro groups is 1. The van der Waals surface area contributed by atoms with Gasteiger partial charge in [-0.25, -0.2) is 4.98 Å². The Kier molecular flexibility index (Phi) is 4.83. The van der Waals surface area contributed by atoms with Crippen molar-refractivity contribution in [1.29, 1.82) is 0 Å². The Morgan fingerprint density at radius 2 is 2.25 bits per heavy atom. The van der Waals surface area contributed by atoms with E-state index in [0.717, 1.165) is 17.8 Å². The molecule has 0 saturated heterocycles. The van der Waals surface area contributed by atoms with Crippen LogP contribution in [0.2, 0.25) is 0 Å². The predicted octanol–water partition coefficient (Wildman–Crippen LogP) is 2.88. The van der Waals surface area contributed by atoms with E-state index in [4.69, 9.17) is 0 Å². The second-order valence-corrected chi connectivity index (χ2v) is 5.04. The maximum atomic E-state index is 11.0. The molecular weight excluding hydrogens is 278 g/mol. The van der Waals surface area contributed by atoms with Crippen LogP contribution in [0.15, 0.2) is 23.8 Å². The van der Waals surface area contributed by atoms with Gasteiger partial charge in [-0.2, -0.15) is 0 Å². The molecule has 0 aliphatic carbocycles. The molecule has 2 aromatic rings. The van der Waals surface area contributed by atoms with E-state index in [2.05, 4.69) is 20.6 Å². The number of aromatic nitrogens is 2. The predicted molar refractivity (Wildman–Crippen MR) is 79.1 cm³/mol. The molecule has 0 radical (unpaired) electrons. The van der Waals surface area contributed by atoms with Crippen LogP contribution in [0.4, 0.5) is 17.3 Å². The summed E-state index contributed by atoms with van der Waals surface area (Å²) in [6, 6.07) is 3.08. The molecule has 0 unspecified atom stereocenters. The molecule has 7 nitrogen and oxygen atoms in total. The molecule has 0 bridgehead atoms. The van der Waals surface area contributed by atoms with Gasteiger partial charge in [0, 0.05) is 23.7 Å². The summed E-state index contributed by atoms with van der Waals surface area (Å²) in [6.07, 6.45) is 2.69. The van der Waals surface area contributed by atoms with Crippen LogP contribution in [0.25, 0.3) is 0 Å². The van der Waals surface area contributed by atoms with Crippen molar-refractivity contribution in [1.82, 2.24) is 9.97 Å². The van der Waals surface area contributed by atoms with Crippen molar-refractivity contribution < 1.29 is 4.92 Å². The lowest BCUT2D eigenvalue weighted by Crippen LogP contribution is -2.07. The van der Waals surface area contributed by atoms with Gasteiger partial charge in [0.2, 0.25) is 5.82 Å². The Labute approximate surface area is 120 Å². The Morgan fingerprint density at radius 3 is 2.90 bits per heavy atom. The second kappa shape index (κ2) is 6.80. The van der Waals surface area contributed by atoms with Gasteiger partial charge in [-0.1, -0.05) is 6.92 Å². The summed E-state index contributed by atoms with van der Waals surface area (Å²) in [6.45, 7) is 3.29. The highest BCUT2D eigenvalue weighted by Crippen LogP contribution is 2.24. The first-order chi connectivity index (χ1) is 9.70. The average molecular weight is 293 g/mol. The number of rotatable bonds is 7. The highest BCUT2D eigenvalue weighted by atomic mass is 32.1. The van der Waals surface area contributed by atoms with E-state index in [0.29, 0.717) is 12.4 Å². The van der Waals surface area contributed by atoms with Crippen LogP contribution in [-0.2, 0) is 6.54 Å². The molecule has 0 amide bonds. The van der Waals surface area contributed by atoms with E-state index in [9.17, 15) is 10.1 Å². The lowest BCUT2D eigenvalue weighted by molar-refractivity contribution is -0.384. The normalized spacial score (nSPS) is 10.2. The van der Waals surface area contributed by atoms with E-state index in [1.165, 1.54) is 17.4 Å². The van der Waals surface area contributed by atoms with Crippen LogP contribution >= 0.6 is 11.3 Å². The lowest BCUT2D eigenvalue weighted by Gasteiger charge is -2.08. The first kappa shape index (κ1) is 14.2. The van der Waals surface area contributed by atoms with E-state index >= 15 is 0 Å². The monoisotopic (exact) mass is 293 g/mol. The first-order valence-corrected chi connectivity index (χ1v) is 7.09. The zero-order valence-electron chi connectivity index (χ0n) is 11.0. The van der Waals surface area contributed by atoms with Gasteiger partial charge in [-0.3, -0.25) is 15.1 Å². The summed E-state index contributed by atoms with van der Waals surface area (Å²) >= 11 is 1.49. The zero-order chi connectivity index (χ0) is 14.4. The third kappa shape index (κ3) is 3.64. The molecular formula is C12H15N5O2S. The molecule has 2 N–H and O–H groups in total. The van der Waals surface area contributed by atoms with Crippen molar-refractivity contribution in [2.24, 2.45) is 0 Å². The zero-order valence-corrected chi connectivity index (χ0v) is 11.8. The van der Waals surface area contributed by atoms with Gasteiger partial charge in [-0.05, 0) is 12.5 Å². The van der Waals surface area contributed by atoms with Gasteiger partial charge in [0.15, 0.2) is 0 Å². The van der Waals surface area contributed by atoms with E-state index in [-0.39, 0.29) is 11.5 Å². The molecule has 2 rings (SSSR count). The fraction of sp³-hybridized carbons (Fsp3) is 0.333. The Balaban J connectivity index is 2.15. The molecule has 2 heterocycles. The standard InChI is InChI=1S/C12H15N5O2S/c1-2-5-14-11-4-3-10(17(18)19)12(16-11)15-7-9-6-13-8-20-9/h3-4,6,8H,2,5,7H2,1H3,(H2,14,15,16). The van der Waals surface area contributed by atoms with Crippen LogP contribution in [-0.4, -0.2) is 21.4 Å². The van der Waals surface area contributed by atoms with E-state index in [1.54, 1.807) is 17.8 Å². The maximum Gasteiger partial charge on any atom is 0.311 e. The van der Waals surface area contributed by atoms with Gasteiger partial charge >= 0.3 is 5.69 Å². The van der Waals surface area contributed by atoms with Crippen LogP contribution in [0.3, 0.4) is 0 Å². The Morgan fingerprint density at radius 1 is 1.40 bits per heavy atom. The third-order valence-electron chi connectivity index (χ3n) is 2.54. The van der Waals surface area contributed by atoms with Gasteiger partial charge in [0.05, 0.1) is 17.0 Å². The quantitative estimate of drug-likeness (QED) is 0.602. The number of nitrogens with one attached hydrogen (secondary N) is 2. The smallest absolute Gasteiger partial charge is 0.311 e. The minimum atomic E-state index is -0.439. The summed E-state index contributed by atoms with van der Waals surface area (Å²) in [5.74, 6) is 0.897. The number of pyridine rings is 1. The van der Waals surface area contributed by atoms with Crippen LogP contribution < -0.4 is 10.6 Å². The molecule has 106 valence electrons. The van der Waals surface area contributed by atoms with Crippen molar-refractivity contribution in [2.45, 2.75) is 19.9 Å². The van der Waals surface area contributed by atoms with Crippen molar-refractivity contribution in [2.75, 3.05) is 17.2 Å². The molecule has 0 spiro atoms. The van der Waals surface area contributed by atoms with Crippen LogP contribution in [0, 0.1) is 10.1 Å². The van der Waals surface area contributed by atoms with Crippen molar-refractivity contribution >= 4 is 28.7 Å². The first-order valence-electron chi connectivity index (χ1n) is 6.21. The van der Waals surface area contributed by atoms with Gasteiger partial charge in [0.25, 0.3) is 0 Å². The molecule has 0 aromatic carbocycles. The number of anilines is 2. The molecule has 0 atom stereocenters. The molecule has 20 heavy (non-hydrogen) atoms. The van der Waals surface area contributed by atoms with Crippen molar-refractivity contribution in [3.05, 3.63) is 38.8 Å². The number of thiazole rings is 1. The Bertz CT molecular complexity index is 573. The molecule has 0 fully saturated rings. The topological polar surface area (TPSA) is 93.0 Å². The molecule has 0 saturated carbocycles. The van der Waals surface area contributed by atoms with Gasteiger partial charge < -0.3 is 10.6 Å². The highest BCUT2D eigenvalue weighted by Gasteiger charge is 2.15. The number of hydrogen-bond donors (Lipinski definition) is 2. The second-order valence-electron chi connectivity index (χ2n) is 4.07. The maximum absolute atomic E-state index is 11.0. The molecule has 0 aliphatic rings. The van der Waals surface area contributed by atoms with Crippen LogP contribution in [0.5, 0.6) is 0 Å². The minimum absolute atomic E-state index is 0.0310. The largest absolute Gasteiger partial charge is 0.370 e. The SMILES string of the molecule is CCCNc1ccc([N+](=O)[O-])c(NCc2cncs2)n1. The van der Waals surface area contributed by atoms with Crippen molar-refractivity contribution in [3.8, 4) is 0 Å². The molecule has 2 aromatic heterocycles. The van der Waals surface area contributed by atoms with Crippen molar-refractivity contribution in [3.63, 3.8) is 0 Å². The fourth-order valence-corrected chi connectivity index (χ4v) is 2.12. The number of nitrogens with zero attached hydrogens (tertiary/aromatic N) is 3. The fourth-order valence-electron chi connectivity index (χ4n) is 1.58. The highest BCUT2D eigenvalue weighted by molar-refractivity contribution is 7.09. The minimum Gasteiger partial charge on any atom is -0.370 e. The van der Waals surface area contributed by atoms with E-state index in [1.807, 2.05) is 6.92 Å². The number of hydrogen-bond acceptors (Lipinski definition) is 7. The lowest BCUT2D eigenvalue weighted by atomic mass is 10.3. The summed E-state index contributed by atoms with van der Waals surface area (Å²) in [5, 5.41) is 17.1. The summed E-state index contributed by atoms with van der Waals surface area (Å²) < 4.78 is 0. The summed E-state index contributed by atoms with van der Waals surface area (Å²) in [4.78, 5) is 19.8. The van der Waals surface area contributed by atoms with E-state index < -0.39 is 4.92 Å². The van der Waals surface area contributed by atoms with Gasteiger partial charge in [-0.15, -0.1) is 11.3 Å². The summed E-state index contributed by atoms with van der Waals surface area (Å²) in [5.41, 5.74) is 1.69. The Hall–Kier alpha value is -2.22. The molecule has 8 heteroatoms. The molecule has 0 aliphatic heterocycles. The third-order valence-corrected chi connectivity index (χ3v) is 3.32.